The van der Waals surface area contributed by atoms with E-state index in [4.69, 9.17) is 0 Å². The van der Waals surface area contributed by atoms with Crippen LogP contribution in [0.25, 0.3) is 0 Å². The molecule has 2 rings (SSSR count). The Morgan fingerprint density at radius 2 is 2.24 bits per heavy atom. The number of hydrogen-bond donors (Lipinski definition) is 2. The predicted molar refractivity (Wildman–Crippen MR) is 73.2 cm³/mol. The molecule has 1 aliphatic heterocycles. The molecule has 1 aliphatic rings. The third-order valence-corrected chi connectivity index (χ3v) is 3.71. The Balaban J connectivity index is 1.72. The maximum atomic E-state index is 3.57. The van der Waals surface area contributed by atoms with Crippen LogP contribution in [0, 0.1) is 19.8 Å². The third kappa shape index (κ3) is 3.83. The molecule has 1 heterocycles. The van der Waals surface area contributed by atoms with E-state index in [1.54, 1.807) is 0 Å². The second-order valence-corrected chi connectivity index (χ2v) is 5.25. The fraction of sp³-hybridized carbons (Fsp3) is 0.600. The van der Waals surface area contributed by atoms with E-state index in [-0.39, 0.29) is 0 Å². The normalized spacial score (nSPS) is 19.8. The first-order valence-corrected chi connectivity index (χ1v) is 6.73. The van der Waals surface area contributed by atoms with E-state index < -0.39 is 0 Å². The second-order valence-electron chi connectivity index (χ2n) is 5.25. The zero-order valence-electron chi connectivity index (χ0n) is 11.1. The molecule has 94 valence electrons. The lowest BCUT2D eigenvalue weighted by molar-refractivity contribution is 0.500. The molecule has 2 nitrogen and oxygen atoms in total. The Labute approximate surface area is 105 Å². The highest BCUT2D eigenvalue weighted by molar-refractivity contribution is 5.30. The molecular weight excluding hydrogens is 208 g/mol. The van der Waals surface area contributed by atoms with Crippen molar-refractivity contribution < 1.29 is 0 Å². The molecule has 0 aromatic heterocycles. The number of aryl methyl sites for hydroxylation is 2. The number of benzene rings is 1. The van der Waals surface area contributed by atoms with Gasteiger partial charge in [0.05, 0.1) is 0 Å². The van der Waals surface area contributed by atoms with Gasteiger partial charge in [-0.2, -0.15) is 0 Å². The van der Waals surface area contributed by atoms with Gasteiger partial charge in [-0.1, -0.05) is 23.8 Å². The van der Waals surface area contributed by atoms with Gasteiger partial charge >= 0.3 is 0 Å². The Morgan fingerprint density at radius 3 is 3.00 bits per heavy atom. The fourth-order valence-electron chi connectivity index (χ4n) is 2.48. The molecule has 0 radical (unpaired) electrons. The van der Waals surface area contributed by atoms with Crippen molar-refractivity contribution in [2.75, 3.05) is 19.6 Å². The lowest BCUT2D eigenvalue weighted by Gasteiger charge is -2.11. The highest BCUT2D eigenvalue weighted by Gasteiger charge is 2.13. The van der Waals surface area contributed by atoms with Gasteiger partial charge in [-0.25, -0.2) is 0 Å². The molecule has 1 unspecified atom stereocenters. The zero-order valence-corrected chi connectivity index (χ0v) is 11.1. The van der Waals surface area contributed by atoms with Gasteiger partial charge in [0, 0.05) is 6.54 Å². The standard InChI is InChI=1S/C15H24N2/c1-12-3-4-13(2)15(9-12)11-17-8-6-14-5-7-16-10-14/h3-4,9,14,16-17H,5-8,10-11H2,1-2H3. The van der Waals surface area contributed by atoms with Crippen LogP contribution in [-0.4, -0.2) is 19.6 Å². The van der Waals surface area contributed by atoms with Crippen molar-refractivity contribution in [1.82, 2.24) is 10.6 Å². The summed E-state index contributed by atoms with van der Waals surface area (Å²) in [6.45, 7) is 8.92. The Morgan fingerprint density at radius 1 is 1.35 bits per heavy atom. The van der Waals surface area contributed by atoms with Crippen molar-refractivity contribution >= 4 is 0 Å². The summed E-state index contributed by atoms with van der Waals surface area (Å²) in [5, 5.41) is 6.99. The van der Waals surface area contributed by atoms with E-state index in [2.05, 4.69) is 42.7 Å². The van der Waals surface area contributed by atoms with E-state index in [0.29, 0.717) is 0 Å². The number of hydrogen-bond acceptors (Lipinski definition) is 2. The quantitative estimate of drug-likeness (QED) is 0.762. The molecule has 1 atom stereocenters. The van der Waals surface area contributed by atoms with Gasteiger partial charge in [0.2, 0.25) is 0 Å². The molecule has 1 aromatic carbocycles. The highest BCUT2D eigenvalue weighted by atomic mass is 14.9. The first-order chi connectivity index (χ1) is 8.25. The summed E-state index contributed by atoms with van der Waals surface area (Å²) in [4.78, 5) is 0. The van der Waals surface area contributed by atoms with Crippen molar-refractivity contribution in [3.63, 3.8) is 0 Å². The van der Waals surface area contributed by atoms with Gasteiger partial charge < -0.3 is 10.6 Å². The van der Waals surface area contributed by atoms with Crippen molar-refractivity contribution in [2.24, 2.45) is 5.92 Å². The summed E-state index contributed by atoms with van der Waals surface area (Å²) in [5.41, 5.74) is 4.19. The molecule has 1 saturated heterocycles. The van der Waals surface area contributed by atoms with Crippen LogP contribution >= 0.6 is 0 Å². The summed E-state index contributed by atoms with van der Waals surface area (Å²) in [6.07, 6.45) is 2.66. The van der Waals surface area contributed by atoms with Crippen molar-refractivity contribution in [1.29, 1.82) is 0 Å². The first kappa shape index (κ1) is 12.6. The Bertz CT molecular complexity index is 354. The van der Waals surface area contributed by atoms with Crippen molar-refractivity contribution in [3.8, 4) is 0 Å². The summed E-state index contributed by atoms with van der Waals surface area (Å²) in [5.74, 6) is 0.890. The fourth-order valence-corrected chi connectivity index (χ4v) is 2.48. The van der Waals surface area contributed by atoms with Crippen LogP contribution in [0.4, 0.5) is 0 Å². The molecule has 17 heavy (non-hydrogen) atoms. The maximum absolute atomic E-state index is 3.57. The second kappa shape index (κ2) is 6.18. The van der Waals surface area contributed by atoms with Gasteiger partial charge in [-0.05, 0) is 63.4 Å². The van der Waals surface area contributed by atoms with Crippen LogP contribution in [0.3, 0.4) is 0 Å². The monoisotopic (exact) mass is 232 g/mol. The average Bonchev–Trinajstić information content (AvgIpc) is 2.82. The number of rotatable bonds is 5. The van der Waals surface area contributed by atoms with E-state index in [1.807, 2.05) is 0 Å². The SMILES string of the molecule is Cc1ccc(C)c(CNCCC2CCNC2)c1. The minimum absolute atomic E-state index is 0.890. The third-order valence-electron chi connectivity index (χ3n) is 3.71. The summed E-state index contributed by atoms with van der Waals surface area (Å²) in [6, 6.07) is 6.69. The molecule has 0 amide bonds. The molecule has 1 fully saturated rings. The van der Waals surface area contributed by atoms with Crippen LogP contribution in [0.1, 0.15) is 29.5 Å². The van der Waals surface area contributed by atoms with Crippen LogP contribution in [0.15, 0.2) is 18.2 Å². The van der Waals surface area contributed by atoms with Crippen molar-refractivity contribution in [2.45, 2.75) is 33.2 Å². The van der Waals surface area contributed by atoms with Gasteiger partial charge in [-0.3, -0.25) is 0 Å². The lowest BCUT2D eigenvalue weighted by Crippen LogP contribution is -2.19. The van der Waals surface area contributed by atoms with Crippen LogP contribution in [0.2, 0.25) is 0 Å². The van der Waals surface area contributed by atoms with Crippen LogP contribution in [0.5, 0.6) is 0 Å². The maximum Gasteiger partial charge on any atom is 0.0208 e. The largest absolute Gasteiger partial charge is 0.316 e. The molecule has 2 heteroatoms. The van der Waals surface area contributed by atoms with Crippen LogP contribution < -0.4 is 10.6 Å². The molecule has 0 spiro atoms. The minimum Gasteiger partial charge on any atom is -0.316 e. The van der Waals surface area contributed by atoms with E-state index in [0.717, 1.165) is 19.0 Å². The van der Waals surface area contributed by atoms with E-state index >= 15 is 0 Å². The summed E-state index contributed by atoms with van der Waals surface area (Å²) < 4.78 is 0. The summed E-state index contributed by atoms with van der Waals surface area (Å²) >= 11 is 0. The minimum atomic E-state index is 0.890. The smallest absolute Gasteiger partial charge is 0.0208 e. The first-order valence-electron chi connectivity index (χ1n) is 6.73. The molecule has 0 aliphatic carbocycles. The van der Waals surface area contributed by atoms with Gasteiger partial charge in [0.1, 0.15) is 0 Å². The molecule has 1 aromatic rings. The van der Waals surface area contributed by atoms with Gasteiger partial charge in [0.25, 0.3) is 0 Å². The molecular formula is C15H24N2. The van der Waals surface area contributed by atoms with Crippen LogP contribution in [-0.2, 0) is 6.54 Å². The zero-order chi connectivity index (χ0) is 12.1. The van der Waals surface area contributed by atoms with E-state index in [9.17, 15) is 0 Å². The lowest BCUT2D eigenvalue weighted by atomic mass is 10.0. The highest BCUT2D eigenvalue weighted by Crippen LogP contribution is 2.12. The number of nitrogens with one attached hydrogen (secondary N) is 2. The molecule has 0 saturated carbocycles. The van der Waals surface area contributed by atoms with E-state index in [1.165, 1.54) is 42.6 Å². The summed E-state index contributed by atoms with van der Waals surface area (Å²) in [7, 11) is 0. The average molecular weight is 232 g/mol. The Kier molecular flexibility index (Phi) is 4.57. The van der Waals surface area contributed by atoms with Gasteiger partial charge in [0.15, 0.2) is 0 Å². The predicted octanol–water partition coefficient (Wildman–Crippen LogP) is 2.39. The molecule has 2 N–H and O–H groups in total. The topological polar surface area (TPSA) is 24.1 Å². The molecule has 0 bridgehead atoms. The Hall–Kier alpha value is -0.860. The van der Waals surface area contributed by atoms with Gasteiger partial charge in [-0.15, -0.1) is 0 Å². The van der Waals surface area contributed by atoms with Crippen molar-refractivity contribution in [3.05, 3.63) is 34.9 Å².